The Balaban J connectivity index is 2.95. The van der Waals surface area contributed by atoms with Gasteiger partial charge in [-0.2, -0.15) is 0 Å². The molecule has 0 unspecified atom stereocenters. The summed E-state index contributed by atoms with van der Waals surface area (Å²) in [5, 5.41) is 0. The smallest absolute Gasteiger partial charge is 0.160 e. The van der Waals surface area contributed by atoms with Crippen LogP contribution in [0.2, 0.25) is 0 Å². The van der Waals surface area contributed by atoms with Gasteiger partial charge >= 0.3 is 0 Å². The summed E-state index contributed by atoms with van der Waals surface area (Å²) >= 11 is 0. The lowest BCUT2D eigenvalue weighted by atomic mass is 10.2. The molecule has 0 aliphatic carbocycles. The molecule has 0 aromatic heterocycles. The van der Waals surface area contributed by atoms with Gasteiger partial charge in [-0.1, -0.05) is 0 Å². The first kappa shape index (κ1) is 9.96. The molecular weight excluding hydrogens is 172 g/mol. The summed E-state index contributed by atoms with van der Waals surface area (Å²) in [5.74, 6) is -1.58. The molecule has 0 radical (unpaired) electrons. The molecule has 0 saturated heterocycles. The van der Waals surface area contributed by atoms with Crippen LogP contribution in [0.1, 0.15) is 13.8 Å². The first-order valence-corrected chi connectivity index (χ1v) is 4.39. The molecule has 13 heavy (non-hydrogen) atoms. The van der Waals surface area contributed by atoms with Gasteiger partial charge in [-0.15, -0.1) is 0 Å². The summed E-state index contributed by atoms with van der Waals surface area (Å²) in [6, 6.07) is 3.97. The molecule has 0 atom stereocenters. The molecular formula is C10H13F2N. The summed E-state index contributed by atoms with van der Waals surface area (Å²) in [7, 11) is 0. The minimum absolute atomic E-state index is 0.726. The lowest BCUT2D eigenvalue weighted by Gasteiger charge is -2.20. The quantitative estimate of drug-likeness (QED) is 0.699. The predicted octanol–water partition coefficient (Wildman–Crippen LogP) is 2.81. The van der Waals surface area contributed by atoms with E-state index in [1.54, 1.807) is 6.07 Å². The first-order chi connectivity index (χ1) is 6.19. The van der Waals surface area contributed by atoms with Crippen molar-refractivity contribution in [2.24, 2.45) is 0 Å². The highest BCUT2D eigenvalue weighted by Gasteiger charge is 2.05. The summed E-state index contributed by atoms with van der Waals surface area (Å²) in [5.41, 5.74) is 0.726. The van der Waals surface area contributed by atoms with Crippen molar-refractivity contribution in [3.05, 3.63) is 29.8 Å². The van der Waals surface area contributed by atoms with Crippen molar-refractivity contribution < 1.29 is 8.78 Å². The molecule has 0 bridgehead atoms. The molecule has 1 aromatic carbocycles. The molecule has 1 rings (SSSR count). The van der Waals surface area contributed by atoms with Gasteiger partial charge in [0, 0.05) is 24.8 Å². The minimum atomic E-state index is -0.795. The summed E-state index contributed by atoms with van der Waals surface area (Å²) in [6.45, 7) is 5.54. The molecule has 0 N–H and O–H groups in total. The van der Waals surface area contributed by atoms with E-state index in [0.29, 0.717) is 0 Å². The van der Waals surface area contributed by atoms with Crippen molar-refractivity contribution in [1.82, 2.24) is 0 Å². The molecule has 0 aliphatic rings. The SMILES string of the molecule is CCN(CC)c1ccc(F)c(F)c1. The molecule has 0 heterocycles. The fraction of sp³-hybridized carbons (Fsp3) is 0.400. The maximum atomic E-state index is 12.8. The highest BCUT2D eigenvalue weighted by atomic mass is 19.2. The van der Waals surface area contributed by atoms with Crippen LogP contribution in [-0.4, -0.2) is 13.1 Å². The third-order valence-electron chi connectivity index (χ3n) is 2.03. The van der Waals surface area contributed by atoms with Gasteiger partial charge in [0.2, 0.25) is 0 Å². The van der Waals surface area contributed by atoms with Gasteiger partial charge in [-0.3, -0.25) is 0 Å². The number of rotatable bonds is 3. The average molecular weight is 185 g/mol. The van der Waals surface area contributed by atoms with Crippen molar-refractivity contribution in [3.8, 4) is 0 Å². The summed E-state index contributed by atoms with van der Waals surface area (Å²) < 4.78 is 25.4. The van der Waals surface area contributed by atoms with E-state index in [1.807, 2.05) is 18.7 Å². The highest BCUT2D eigenvalue weighted by molar-refractivity contribution is 5.46. The van der Waals surface area contributed by atoms with Gasteiger partial charge in [0.25, 0.3) is 0 Å². The Bertz CT molecular complexity index is 282. The number of nitrogens with zero attached hydrogens (tertiary/aromatic N) is 1. The zero-order chi connectivity index (χ0) is 9.84. The lowest BCUT2D eigenvalue weighted by Crippen LogP contribution is -2.21. The fourth-order valence-electron chi connectivity index (χ4n) is 1.27. The van der Waals surface area contributed by atoms with Crippen LogP contribution in [0.25, 0.3) is 0 Å². The maximum absolute atomic E-state index is 12.8. The number of benzene rings is 1. The minimum Gasteiger partial charge on any atom is -0.372 e. The Kier molecular flexibility index (Phi) is 3.23. The highest BCUT2D eigenvalue weighted by Crippen LogP contribution is 2.17. The van der Waals surface area contributed by atoms with Crippen LogP contribution >= 0.6 is 0 Å². The maximum Gasteiger partial charge on any atom is 0.160 e. The molecule has 1 nitrogen and oxygen atoms in total. The van der Waals surface area contributed by atoms with Crippen LogP contribution in [0.15, 0.2) is 18.2 Å². The Hall–Kier alpha value is -1.12. The zero-order valence-corrected chi connectivity index (χ0v) is 7.85. The third-order valence-corrected chi connectivity index (χ3v) is 2.03. The van der Waals surface area contributed by atoms with E-state index < -0.39 is 11.6 Å². The van der Waals surface area contributed by atoms with Gasteiger partial charge in [0.1, 0.15) is 0 Å². The normalized spacial score (nSPS) is 10.2. The van der Waals surface area contributed by atoms with E-state index >= 15 is 0 Å². The van der Waals surface area contributed by atoms with Crippen molar-refractivity contribution >= 4 is 5.69 Å². The molecule has 0 saturated carbocycles. The van der Waals surface area contributed by atoms with Crippen molar-refractivity contribution in [1.29, 1.82) is 0 Å². The second kappa shape index (κ2) is 4.21. The standard InChI is InChI=1S/C10H13F2N/c1-3-13(4-2)8-5-6-9(11)10(12)7-8/h5-7H,3-4H2,1-2H3. The molecule has 1 aromatic rings. The van der Waals surface area contributed by atoms with Gasteiger partial charge in [0.15, 0.2) is 11.6 Å². The van der Waals surface area contributed by atoms with Crippen LogP contribution in [-0.2, 0) is 0 Å². The van der Waals surface area contributed by atoms with Crippen LogP contribution in [0.3, 0.4) is 0 Å². The molecule has 72 valence electrons. The Morgan fingerprint density at radius 2 is 1.69 bits per heavy atom. The van der Waals surface area contributed by atoms with E-state index in [1.165, 1.54) is 6.07 Å². The Morgan fingerprint density at radius 3 is 2.15 bits per heavy atom. The molecule has 0 aliphatic heterocycles. The van der Waals surface area contributed by atoms with E-state index in [0.717, 1.165) is 24.8 Å². The van der Waals surface area contributed by atoms with Crippen molar-refractivity contribution in [3.63, 3.8) is 0 Å². The third kappa shape index (κ3) is 2.17. The summed E-state index contributed by atoms with van der Waals surface area (Å²) in [6.07, 6.45) is 0. The van der Waals surface area contributed by atoms with Crippen LogP contribution < -0.4 is 4.90 Å². The van der Waals surface area contributed by atoms with E-state index in [4.69, 9.17) is 0 Å². The number of halogens is 2. The van der Waals surface area contributed by atoms with Gasteiger partial charge < -0.3 is 4.90 Å². The average Bonchev–Trinajstić information content (AvgIpc) is 2.13. The number of anilines is 1. The number of hydrogen-bond donors (Lipinski definition) is 0. The largest absolute Gasteiger partial charge is 0.372 e. The second-order valence-electron chi connectivity index (χ2n) is 2.77. The van der Waals surface area contributed by atoms with Crippen molar-refractivity contribution in [2.75, 3.05) is 18.0 Å². The van der Waals surface area contributed by atoms with Gasteiger partial charge in [0.05, 0.1) is 0 Å². The van der Waals surface area contributed by atoms with Crippen LogP contribution in [0, 0.1) is 11.6 Å². The van der Waals surface area contributed by atoms with Gasteiger partial charge in [-0.05, 0) is 26.0 Å². The Morgan fingerprint density at radius 1 is 1.08 bits per heavy atom. The molecule has 0 fully saturated rings. The monoisotopic (exact) mass is 185 g/mol. The molecule has 0 amide bonds. The van der Waals surface area contributed by atoms with E-state index in [9.17, 15) is 8.78 Å². The summed E-state index contributed by atoms with van der Waals surface area (Å²) in [4.78, 5) is 1.96. The topological polar surface area (TPSA) is 3.24 Å². The van der Waals surface area contributed by atoms with Crippen molar-refractivity contribution in [2.45, 2.75) is 13.8 Å². The second-order valence-corrected chi connectivity index (χ2v) is 2.77. The van der Waals surface area contributed by atoms with Crippen LogP contribution in [0.4, 0.5) is 14.5 Å². The van der Waals surface area contributed by atoms with E-state index in [2.05, 4.69) is 0 Å². The lowest BCUT2D eigenvalue weighted by molar-refractivity contribution is 0.508. The molecule has 0 spiro atoms. The van der Waals surface area contributed by atoms with Gasteiger partial charge in [-0.25, -0.2) is 8.78 Å². The zero-order valence-electron chi connectivity index (χ0n) is 7.85. The van der Waals surface area contributed by atoms with E-state index in [-0.39, 0.29) is 0 Å². The molecule has 3 heteroatoms. The fourth-order valence-corrected chi connectivity index (χ4v) is 1.27. The number of hydrogen-bond acceptors (Lipinski definition) is 1. The van der Waals surface area contributed by atoms with Crippen LogP contribution in [0.5, 0.6) is 0 Å². The first-order valence-electron chi connectivity index (χ1n) is 4.39. The predicted molar refractivity (Wildman–Crippen MR) is 49.9 cm³/mol. The Labute approximate surface area is 77.0 Å².